The van der Waals surface area contributed by atoms with Crippen LogP contribution in [-0.4, -0.2) is 104 Å². The summed E-state index contributed by atoms with van der Waals surface area (Å²) < 4.78 is 48.7. The van der Waals surface area contributed by atoms with E-state index in [4.69, 9.17) is 92.7 Å². The third-order valence-electron chi connectivity index (χ3n) is 13.5. The Labute approximate surface area is 559 Å². The zero-order valence-electron chi connectivity index (χ0n) is 51.2. The van der Waals surface area contributed by atoms with Crippen LogP contribution >= 0.6 is 48.4 Å². The Hall–Kier alpha value is -11.2. The smallest absolute Gasteiger partial charge is 0.349 e. The van der Waals surface area contributed by atoms with E-state index in [-0.39, 0.29) is 17.3 Å². The Balaban J connectivity index is 0.000000122. The lowest BCUT2D eigenvalue weighted by Crippen LogP contribution is -2.24. The van der Waals surface area contributed by atoms with Gasteiger partial charge in [-0.15, -0.1) is 5.10 Å². The van der Waals surface area contributed by atoms with Crippen LogP contribution in [0, 0.1) is 14.3 Å². The van der Waals surface area contributed by atoms with E-state index in [1.54, 1.807) is 92.1 Å². The number of benzene rings is 5. The van der Waals surface area contributed by atoms with Crippen molar-refractivity contribution in [3.8, 4) is 63.4 Å². The van der Waals surface area contributed by atoms with Gasteiger partial charge in [0.1, 0.15) is 54.1 Å². The average Bonchev–Trinajstić information content (AvgIpc) is 0.831. The second-order valence-electron chi connectivity index (χ2n) is 20.3. The van der Waals surface area contributed by atoms with Gasteiger partial charge >= 0.3 is 11.4 Å². The van der Waals surface area contributed by atoms with Crippen LogP contribution in [0.1, 0.15) is 0 Å². The molecule has 0 saturated carbocycles. The van der Waals surface area contributed by atoms with E-state index in [1.807, 2.05) is 79.8 Å². The molecule has 0 unspecified atom stereocenters. The van der Waals surface area contributed by atoms with Crippen molar-refractivity contribution in [1.82, 2.24) is 58.2 Å². The number of ether oxygens (including phenoxy) is 7. The van der Waals surface area contributed by atoms with Crippen molar-refractivity contribution in [2.24, 2.45) is 63.2 Å². The number of hydrogen-bond acceptors (Lipinski definition) is 28. The number of guanidine groups is 1. The van der Waals surface area contributed by atoms with E-state index < -0.39 is 0 Å². The van der Waals surface area contributed by atoms with Crippen LogP contribution < -0.4 is 94.1 Å². The van der Waals surface area contributed by atoms with E-state index in [1.165, 1.54) is 13.8 Å². The molecule has 10 heterocycles. The topological polar surface area (TPSA) is 390 Å². The minimum atomic E-state index is -0.380. The van der Waals surface area contributed by atoms with Crippen molar-refractivity contribution in [1.29, 1.82) is 0 Å². The molecule has 5 aliphatic rings. The maximum absolute atomic E-state index is 11.6. The molecule has 5 aromatic heterocycles. The number of para-hydroxylation sites is 6. The highest BCUT2D eigenvalue weighted by atomic mass is 32.2. The van der Waals surface area contributed by atoms with E-state index >= 15 is 0 Å². The van der Waals surface area contributed by atoms with E-state index in [0.717, 1.165) is 38.6 Å². The maximum Gasteiger partial charge on any atom is 0.349 e. The molecule has 5 aliphatic heterocycles. The number of rotatable bonds is 10. The molecule has 0 spiro atoms. The van der Waals surface area contributed by atoms with Crippen LogP contribution in [0.25, 0.3) is 0 Å². The van der Waals surface area contributed by atoms with Crippen LogP contribution in [0.2, 0.25) is 0 Å². The Bertz CT molecular complexity index is 4670. The molecular formula is C60H60N22O9S4. The molecule has 95 heavy (non-hydrogen) atoms. The molecule has 0 atom stereocenters. The van der Waals surface area contributed by atoms with Gasteiger partial charge in [0, 0.05) is 53.2 Å². The van der Waals surface area contributed by atoms with Gasteiger partial charge in [0.2, 0.25) is 14.3 Å². The summed E-state index contributed by atoms with van der Waals surface area (Å²) in [6.07, 6.45) is 4.97. The minimum Gasteiger partial charge on any atom is -0.490 e. The van der Waals surface area contributed by atoms with Gasteiger partial charge in [-0.3, -0.25) is 14.1 Å². The Morgan fingerprint density at radius 3 is 1.46 bits per heavy atom. The average molecular weight is 1360 g/mol. The highest BCUT2D eigenvalue weighted by Gasteiger charge is 2.26. The number of hydrogen-bond donors (Lipinski definition) is 9. The fraction of sp³-hybridized carbons (Fsp3) is 0.183. The quantitative estimate of drug-likeness (QED) is 0.0267. The first-order valence-electron chi connectivity index (χ1n) is 28.7. The lowest BCUT2D eigenvalue weighted by atomic mass is 10.2. The van der Waals surface area contributed by atoms with Crippen LogP contribution in [0.4, 0.5) is 57.5 Å². The van der Waals surface area contributed by atoms with Gasteiger partial charge in [-0.25, -0.2) is 19.0 Å². The molecule has 0 bridgehead atoms. The molecule has 488 valence electrons. The molecule has 0 radical (unpaired) electrons. The molecule has 31 nitrogen and oxygen atoms in total. The molecule has 13 N–H and O–H groups in total. The van der Waals surface area contributed by atoms with Crippen LogP contribution in [0.15, 0.2) is 146 Å². The third-order valence-corrected chi connectivity index (χ3v) is 15.6. The SMILES string of the molecule is Cn1cc2c(nc1=O)Nc1c(OCCN)cccc1O2.Cn1cc2c(nc1=O)Nc1c(OCCN=C(N)N)cccc1O2.Cn1cc2c(nc1=S)Nc1c(OCCN)cccc1O2.Cn1nc2c(nc1=S)Nc1ccccc1O2.Cn1nc2c(nc1=S)Nc1ccccc1S2. The summed E-state index contributed by atoms with van der Waals surface area (Å²) in [5.41, 5.74) is 24.6. The van der Waals surface area contributed by atoms with Gasteiger partial charge < -0.3 is 87.2 Å². The molecule has 35 heteroatoms. The predicted octanol–water partition coefficient (Wildman–Crippen LogP) is 8.73. The highest BCUT2D eigenvalue weighted by Crippen LogP contribution is 2.48. The second kappa shape index (κ2) is 29.2. The third kappa shape index (κ3) is 15.3. The number of nitrogens with one attached hydrogen (secondary N) is 5. The van der Waals surface area contributed by atoms with Crippen molar-refractivity contribution < 1.29 is 33.2 Å². The Morgan fingerprint density at radius 2 is 0.926 bits per heavy atom. The zero-order chi connectivity index (χ0) is 66.9. The highest BCUT2D eigenvalue weighted by molar-refractivity contribution is 7.99. The van der Waals surface area contributed by atoms with Gasteiger partial charge in [0.05, 0.1) is 36.5 Å². The summed E-state index contributed by atoms with van der Waals surface area (Å²) in [5, 5.41) is 25.1. The Kier molecular flexibility index (Phi) is 20.0. The van der Waals surface area contributed by atoms with E-state index in [2.05, 4.69) is 72.8 Å². The first-order valence-corrected chi connectivity index (χ1v) is 30.7. The fourth-order valence-corrected chi connectivity index (χ4v) is 10.3. The van der Waals surface area contributed by atoms with Crippen molar-refractivity contribution in [2.75, 3.05) is 66.0 Å². The van der Waals surface area contributed by atoms with E-state index in [9.17, 15) is 9.59 Å². The summed E-state index contributed by atoms with van der Waals surface area (Å²) in [5.74, 6) is 9.13. The molecule has 0 saturated heterocycles. The number of nitrogens with two attached hydrogens (primary N) is 4. The molecular weight excluding hydrogens is 1300 g/mol. The lowest BCUT2D eigenvalue weighted by Gasteiger charge is -2.23. The molecule has 0 fully saturated rings. The number of aromatic nitrogens is 12. The van der Waals surface area contributed by atoms with E-state index in [0.29, 0.717) is 146 Å². The first kappa shape index (κ1) is 65.3. The number of fused-ring (bicyclic) bond motifs is 10. The van der Waals surface area contributed by atoms with Crippen molar-refractivity contribution in [3.05, 3.63) is 157 Å². The van der Waals surface area contributed by atoms with Gasteiger partial charge in [-0.05, 0) is 97.3 Å². The molecule has 0 aliphatic carbocycles. The normalized spacial score (nSPS) is 11.9. The standard InChI is InChI=1S/C14H16N6O3.C13H14N4O3.C13H14N4O2S.C10H8N4OS.C10H8N4S2/c1-20-7-10-12(19-14(20)21)18-11-8(3-2-4-9(11)23-10)22-6-5-17-13(15)16;1-17-7-10-12(16-13(17)18)15-11-8(19-6-5-14)3-2-4-9(11)20-10;1-17-7-10-12(16-13(17)20)15-11-8(18-6-5-14)3-2-4-9(11)19-10;1-14-10(16)12-8-9(13-14)15-7-5-3-2-4-6(7)11-8;1-14-10(15)12-8-9(13-14)16-7-5-3-2-4-6(7)11-8/h2-4,7H,5-6H2,1H3,(H4,15,16,17)(H,18,19,21);2-4,7H,5-6,14H2,1H3,(H,15,16,18);2-4,7H,5-6,14H2,1H3,(H,15,16,20);2-5H,1H3,(H,11,12,16);2-5H,1H3,(H,11,12,15). The van der Waals surface area contributed by atoms with Crippen molar-refractivity contribution in [2.45, 2.75) is 9.92 Å². The summed E-state index contributed by atoms with van der Waals surface area (Å²) in [7, 11) is 8.60. The van der Waals surface area contributed by atoms with Crippen LogP contribution in [0.5, 0.6) is 63.4 Å². The summed E-state index contributed by atoms with van der Waals surface area (Å²) in [6.45, 7) is 2.34. The number of aliphatic imine (C=N–C) groups is 1. The number of anilines is 10. The van der Waals surface area contributed by atoms with Crippen molar-refractivity contribution in [3.63, 3.8) is 0 Å². The largest absolute Gasteiger partial charge is 0.490 e. The number of nitrogens with zero attached hydrogens (tertiary/aromatic N) is 13. The first-order chi connectivity index (χ1) is 45.9. The van der Waals surface area contributed by atoms with Crippen molar-refractivity contribution >= 4 is 112 Å². The molecule has 15 rings (SSSR count). The molecule has 10 aromatic rings. The predicted molar refractivity (Wildman–Crippen MR) is 365 cm³/mol. The monoisotopic (exact) mass is 1360 g/mol. The summed E-state index contributed by atoms with van der Waals surface area (Å²) >= 11 is 16.9. The number of aryl methyl sites for hydroxylation is 5. The van der Waals surface area contributed by atoms with Crippen LogP contribution in [-0.2, 0) is 35.2 Å². The summed E-state index contributed by atoms with van der Waals surface area (Å²) in [6, 6.07) is 32.1. The fourth-order valence-electron chi connectivity index (χ4n) is 8.92. The molecule has 5 aromatic carbocycles. The Morgan fingerprint density at radius 1 is 0.484 bits per heavy atom. The minimum absolute atomic E-state index is 0.0131. The van der Waals surface area contributed by atoms with Gasteiger partial charge in [0.15, 0.2) is 80.3 Å². The second-order valence-corrected chi connectivity index (χ2v) is 22.5. The maximum atomic E-state index is 11.6. The molecule has 0 amide bonds. The lowest BCUT2D eigenvalue weighted by molar-refractivity contribution is 0.327. The van der Waals surface area contributed by atoms with Gasteiger partial charge in [-0.2, -0.15) is 30.0 Å². The van der Waals surface area contributed by atoms with Crippen LogP contribution in [0.3, 0.4) is 0 Å². The zero-order valence-corrected chi connectivity index (χ0v) is 54.5. The van der Waals surface area contributed by atoms with Gasteiger partial charge in [-0.1, -0.05) is 54.2 Å². The van der Waals surface area contributed by atoms with Gasteiger partial charge in [0.25, 0.3) is 5.88 Å². The summed E-state index contributed by atoms with van der Waals surface area (Å²) in [4.78, 5) is 48.9.